The van der Waals surface area contributed by atoms with Crippen LogP contribution in [0.3, 0.4) is 0 Å². The van der Waals surface area contributed by atoms with Gasteiger partial charge in [-0.15, -0.1) is 0 Å². The largest absolute Gasteiger partial charge is 0.480 e. The van der Waals surface area contributed by atoms with Crippen molar-refractivity contribution in [3.05, 3.63) is 66.0 Å². The molecule has 0 aliphatic rings. The minimum Gasteiger partial charge on any atom is -0.480 e. The van der Waals surface area contributed by atoms with Crippen LogP contribution in [0.2, 0.25) is 0 Å². The summed E-state index contributed by atoms with van der Waals surface area (Å²) in [6.07, 6.45) is 0. The molecule has 2 aromatic carbocycles. The van der Waals surface area contributed by atoms with Crippen molar-refractivity contribution in [1.82, 2.24) is 0 Å². The molecule has 0 radical (unpaired) electrons. The summed E-state index contributed by atoms with van der Waals surface area (Å²) in [4.78, 5) is 0. The molecule has 0 saturated heterocycles. The first kappa shape index (κ1) is 12.6. The summed E-state index contributed by atoms with van der Waals surface area (Å²) in [6, 6.07) is 15.2. The summed E-state index contributed by atoms with van der Waals surface area (Å²) in [5.74, 6) is 0.213. The molecule has 0 saturated carbocycles. The van der Waals surface area contributed by atoms with E-state index in [2.05, 4.69) is 0 Å². The number of rotatable bonds is 4. The van der Waals surface area contributed by atoms with Crippen molar-refractivity contribution >= 4 is 0 Å². The van der Waals surface area contributed by atoms with E-state index >= 15 is 0 Å². The van der Waals surface area contributed by atoms with Gasteiger partial charge in [0.25, 0.3) is 0 Å². The van der Waals surface area contributed by atoms with Gasteiger partial charge in [-0.2, -0.15) is 0 Å². The topological polar surface area (TPSA) is 29.5 Å². The fourth-order valence-corrected chi connectivity index (χ4v) is 1.74. The van der Waals surface area contributed by atoms with Crippen LogP contribution in [-0.2, 0) is 5.60 Å². The van der Waals surface area contributed by atoms with E-state index in [0.717, 1.165) is 5.56 Å². The van der Waals surface area contributed by atoms with Crippen LogP contribution in [-0.4, -0.2) is 11.7 Å². The lowest BCUT2D eigenvalue weighted by molar-refractivity contribution is 0.0216. The van der Waals surface area contributed by atoms with Gasteiger partial charge in [0.2, 0.25) is 0 Å². The highest BCUT2D eigenvalue weighted by Crippen LogP contribution is 2.27. The minimum atomic E-state index is -0.834. The van der Waals surface area contributed by atoms with E-state index in [1.54, 1.807) is 19.1 Å². The molecule has 0 amide bonds. The maximum Gasteiger partial charge on any atom is 0.154 e. The van der Waals surface area contributed by atoms with Gasteiger partial charge in [-0.05, 0) is 36.8 Å². The van der Waals surface area contributed by atoms with Gasteiger partial charge in [-0.3, -0.25) is 0 Å². The molecule has 2 nitrogen and oxygen atoms in total. The normalized spacial score (nSPS) is 13.9. The van der Waals surface area contributed by atoms with Crippen LogP contribution < -0.4 is 4.74 Å². The average molecular weight is 246 g/mol. The van der Waals surface area contributed by atoms with Crippen molar-refractivity contribution in [2.24, 2.45) is 0 Å². The lowest BCUT2D eigenvalue weighted by atomic mass is 9.97. The van der Waals surface area contributed by atoms with Crippen molar-refractivity contribution in [1.29, 1.82) is 0 Å². The predicted octanol–water partition coefficient (Wildman–Crippen LogP) is 3.11. The Morgan fingerprint density at radius 3 is 2.22 bits per heavy atom. The number of halogens is 1. The highest BCUT2D eigenvalue weighted by atomic mass is 19.1. The maximum absolute atomic E-state index is 12.8. The zero-order chi connectivity index (χ0) is 13.0. The van der Waals surface area contributed by atoms with Crippen LogP contribution in [0.4, 0.5) is 4.39 Å². The molecule has 18 heavy (non-hydrogen) atoms. The van der Waals surface area contributed by atoms with Crippen molar-refractivity contribution in [2.45, 2.75) is 12.5 Å². The van der Waals surface area contributed by atoms with Crippen molar-refractivity contribution in [3.63, 3.8) is 0 Å². The Hall–Kier alpha value is -1.87. The molecule has 94 valence electrons. The van der Waals surface area contributed by atoms with Crippen LogP contribution in [0, 0.1) is 5.82 Å². The summed E-state index contributed by atoms with van der Waals surface area (Å²) >= 11 is 0. The fraction of sp³-hybridized carbons (Fsp3) is 0.200. The minimum absolute atomic E-state index is 0.158. The van der Waals surface area contributed by atoms with Gasteiger partial charge in [0.15, 0.2) is 5.60 Å². The number of aliphatic hydroxyl groups excluding tert-OH is 1. The van der Waals surface area contributed by atoms with Gasteiger partial charge in [0.1, 0.15) is 11.6 Å². The number of aliphatic hydroxyl groups is 1. The van der Waals surface area contributed by atoms with Gasteiger partial charge in [0.05, 0.1) is 6.61 Å². The highest BCUT2D eigenvalue weighted by Gasteiger charge is 2.27. The first-order valence-electron chi connectivity index (χ1n) is 5.75. The van der Waals surface area contributed by atoms with E-state index in [-0.39, 0.29) is 12.4 Å². The molecule has 0 heterocycles. The molecule has 0 aliphatic heterocycles. The SMILES string of the molecule is CC(CO)(Oc1ccc(F)cc1)c1ccccc1. The second-order valence-electron chi connectivity index (χ2n) is 4.31. The Labute approximate surface area is 106 Å². The fourth-order valence-electron chi connectivity index (χ4n) is 1.74. The third kappa shape index (κ3) is 2.68. The quantitative estimate of drug-likeness (QED) is 0.898. The molecule has 0 aromatic heterocycles. The lowest BCUT2D eigenvalue weighted by Gasteiger charge is -2.29. The van der Waals surface area contributed by atoms with Gasteiger partial charge < -0.3 is 9.84 Å². The van der Waals surface area contributed by atoms with Crippen LogP contribution in [0.5, 0.6) is 5.75 Å². The predicted molar refractivity (Wildman–Crippen MR) is 67.9 cm³/mol. The van der Waals surface area contributed by atoms with Gasteiger partial charge in [0, 0.05) is 0 Å². The van der Waals surface area contributed by atoms with E-state index in [0.29, 0.717) is 5.75 Å². The average Bonchev–Trinajstić information content (AvgIpc) is 2.42. The maximum atomic E-state index is 12.8. The second-order valence-corrected chi connectivity index (χ2v) is 4.31. The summed E-state index contributed by atoms with van der Waals surface area (Å²) in [5, 5.41) is 9.56. The summed E-state index contributed by atoms with van der Waals surface area (Å²) < 4.78 is 18.6. The molecule has 2 aromatic rings. The molecule has 0 fully saturated rings. The third-order valence-electron chi connectivity index (χ3n) is 2.84. The molecule has 1 atom stereocenters. The molecule has 1 N–H and O–H groups in total. The Kier molecular flexibility index (Phi) is 3.63. The van der Waals surface area contributed by atoms with Crippen LogP contribution in [0.15, 0.2) is 54.6 Å². The summed E-state index contributed by atoms with van der Waals surface area (Å²) in [7, 11) is 0. The zero-order valence-electron chi connectivity index (χ0n) is 10.1. The molecule has 2 rings (SSSR count). The molecule has 0 aliphatic carbocycles. The van der Waals surface area contributed by atoms with E-state index in [4.69, 9.17) is 4.74 Å². The summed E-state index contributed by atoms with van der Waals surface area (Å²) in [6.45, 7) is 1.64. The van der Waals surface area contributed by atoms with E-state index in [1.807, 2.05) is 30.3 Å². The highest BCUT2D eigenvalue weighted by molar-refractivity contribution is 5.27. The number of hydrogen-bond acceptors (Lipinski definition) is 2. The first-order valence-corrected chi connectivity index (χ1v) is 5.75. The zero-order valence-corrected chi connectivity index (χ0v) is 10.1. The van der Waals surface area contributed by atoms with Crippen molar-refractivity contribution < 1.29 is 14.2 Å². The monoisotopic (exact) mass is 246 g/mol. The Morgan fingerprint density at radius 1 is 1.06 bits per heavy atom. The number of ether oxygens (including phenoxy) is 1. The molecule has 0 bridgehead atoms. The van der Waals surface area contributed by atoms with E-state index in [1.165, 1.54) is 12.1 Å². The number of hydrogen-bond donors (Lipinski definition) is 1. The van der Waals surface area contributed by atoms with E-state index in [9.17, 15) is 9.50 Å². The Bertz CT molecular complexity index is 496. The van der Waals surface area contributed by atoms with E-state index < -0.39 is 5.60 Å². The van der Waals surface area contributed by atoms with Crippen LogP contribution >= 0.6 is 0 Å². The molecule has 0 spiro atoms. The Balaban J connectivity index is 2.26. The molecule has 1 unspecified atom stereocenters. The van der Waals surface area contributed by atoms with Crippen molar-refractivity contribution in [3.8, 4) is 5.75 Å². The lowest BCUT2D eigenvalue weighted by Crippen LogP contribution is -2.33. The molecular formula is C15H15FO2. The first-order chi connectivity index (χ1) is 8.64. The van der Waals surface area contributed by atoms with Gasteiger partial charge >= 0.3 is 0 Å². The van der Waals surface area contributed by atoms with Gasteiger partial charge in [-0.25, -0.2) is 4.39 Å². The molecular weight excluding hydrogens is 231 g/mol. The van der Waals surface area contributed by atoms with Crippen LogP contribution in [0.1, 0.15) is 12.5 Å². The smallest absolute Gasteiger partial charge is 0.154 e. The Morgan fingerprint density at radius 2 is 1.67 bits per heavy atom. The van der Waals surface area contributed by atoms with Crippen molar-refractivity contribution in [2.75, 3.05) is 6.61 Å². The number of benzene rings is 2. The van der Waals surface area contributed by atoms with Gasteiger partial charge in [-0.1, -0.05) is 30.3 Å². The third-order valence-corrected chi connectivity index (χ3v) is 2.84. The molecule has 3 heteroatoms. The van der Waals surface area contributed by atoms with Crippen LogP contribution in [0.25, 0.3) is 0 Å². The standard InChI is InChI=1S/C15H15FO2/c1-15(11-17,12-5-3-2-4-6-12)18-14-9-7-13(16)8-10-14/h2-10,17H,11H2,1H3. The summed E-state index contributed by atoms with van der Waals surface area (Å²) in [5.41, 5.74) is 0.0378. The second kappa shape index (κ2) is 5.19.